The van der Waals surface area contributed by atoms with Gasteiger partial charge in [0.1, 0.15) is 5.56 Å². The third kappa shape index (κ3) is 4.39. The van der Waals surface area contributed by atoms with Crippen LogP contribution < -0.4 is 0 Å². The topological polar surface area (TPSA) is 63.4 Å². The number of benzene rings is 1. The molecule has 3 aromatic rings. The smallest absolute Gasteiger partial charge is 0.259 e. The predicted octanol–water partition coefficient (Wildman–Crippen LogP) is 4.02. The van der Waals surface area contributed by atoms with Gasteiger partial charge in [0.15, 0.2) is 5.82 Å². The van der Waals surface area contributed by atoms with Crippen molar-refractivity contribution in [3.8, 4) is 11.5 Å². The van der Waals surface area contributed by atoms with Gasteiger partial charge < -0.3 is 14.4 Å². The van der Waals surface area contributed by atoms with Crippen LogP contribution in [0.4, 0.5) is 0 Å². The van der Waals surface area contributed by atoms with Crippen molar-refractivity contribution in [2.75, 3.05) is 26.2 Å². The maximum Gasteiger partial charge on any atom is 0.259 e. The Labute approximate surface area is 201 Å². The van der Waals surface area contributed by atoms with Crippen molar-refractivity contribution in [3.63, 3.8) is 0 Å². The van der Waals surface area contributed by atoms with E-state index in [-0.39, 0.29) is 17.7 Å². The van der Waals surface area contributed by atoms with Crippen molar-refractivity contribution < 1.29 is 9.59 Å². The molecule has 34 heavy (non-hydrogen) atoms. The SMILES string of the molecule is CC1CC(C)CN(C(=O)C2CCN(C(=O)c3cnn(-c4ccccc4)c3-n3cccc3)CC2)C1. The Morgan fingerprint density at radius 2 is 1.53 bits per heavy atom. The van der Waals surface area contributed by atoms with Crippen molar-refractivity contribution in [2.45, 2.75) is 33.1 Å². The molecule has 7 heteroatoms. The quantitative estimate of drug-likeness (QED) is 0.592. The van der Waals surface area contributed by atoms with Crippen LogP contribution in [-0.4, -0.2) is 62.1 Å². The van der Waals surface area contributed by atoms with Crippen LogP contribution in [0.15, 0.2) is 61.1 Å². The Kier molecular flexibility index (Phi) is 6.26. The van der Waals surface area contributed by atoms with Gasteiger partial charge in [-0.2, -0.15) is 5.10 Å². The number of rotatable bonds is 4. The molecule has 4 heterocycles. The average molecular weight is 460 g/mol. The van der Waals surface area contributed by atoms with E-state index in [1.54, 1.807) is 6.20 Å². The second-order valence-corrected chi connectivity index (χ2v) is 9.98. The Morgan fingerprint density at radius 1 is 0.882 bits per heavy atom. The average Bonchev–Trinajstić information content (AvgIpc) is 3.53. The minimum absolute atomic E-state index is 0.0116. The van der Waals surface area contributed by atoms with E-state index >= 15 is 0 Å². The molecule has 0 spiro atoms. The van der Waals surface area contributed by atoms with Gasteiger partial charge in [-0.15, -0.1) is 0 Å². The van der Waals surface area contributed by atoms with E-state index in [0.717, 1.165) is 37.4 Å². The van der Waals surface area contributed by atoms with E-state index < -0.39 is 0 Å². The summed E-state index contributed by atoms with van der Waals surface area (Å²) in [6, 6.07) is 13.7. The zero-order valence-corrected chi connectivity index (χ0v) is 20.0. The number of nitrogens with zero attached hydrogens (tertiary/aromatic N) is 5. The molecule has 1 aromatic carbocycles. The molecule has 2 aromatic heterocycles. The largest absolute Gasteiger partial charge is 0.342 e. The summed E-state index contributed by atoms with van der Waals surface area (Å²) in [7, 11) is 0. The van der Waals surface area contributed by atoms with Crippen LogP contribution in [0.3, 0.4) is 0 Å². The first-order chi connectivity index (χ1) is 16.5. The lowest BCUT2D eigenvalue weighted by Crippen LogP contribution is -2.48. The number of hydrogen-bond acceptors (Lipinski definition) is 3. The number of carbonyl (C=O) groups excluding carboxylic acids is 2. The maximum atomic E-state index is 13.6. The van der Waals surface area contributed by atoms with Crippen molar-refractivity contribution >= 4 is 11.8 Å². The van der Waals surface area contributed by atoms with Gasteiger partial charge in [0, 0.05) is 44.5 Å². The number of amides is 2. The molecule has 178 valence electrons. The van der Waals surface area contributed by atoms with Gasteiger partial charge in [-0.05, 0) is 55.4 Å². The Hall–Kier alpha value is -3.35. The zero-order valence-electron chi connectivity index (χ0n) is 20.0. The normalized spacial score (nSPS) is 21.6. The van der Waals surface area contributed by atoms with Gasteiger partial charge in [0.25, 0.3) is 5.91 Å². The van der Waals surface area contributed by atoms with E-state index in [1.165, 1.54) is 6.42 Å². The number of aromatic nitrogens is 3. The Morgan fingerprint density at radius 3 is 2.18 bits per heavy atom. The summed E-state index contributed by atoms with van der Waals surface area (Å²) in [5.74, 6) is 2.10. The highest BCUT2D eigenvalue weighted by molar-refractivity contribution is 5.97. The standard InChI is InChI=1S/C27H33N5O2/c1-20-16-21(2)19-31(18-20)26(33)22-10-14-30(15-11-22)27(34)24-17-28-32(23-8-4-3-5-9-23)25(24)29-12-6-7-13-29/h3-9,12-13,17,20-22H,10-11,14-16,18-19H2,1-2H3. The maximum absolute atomic E-state index is 13.6. The molecule has 7 nitrogen and oxygen atoms in total. The molecule has 0 N–H and O–H groups in total. The molecule has 2 aliphatic rings. The van der Waals surface area contributed by atoms with Crippen LogP contribution in [0.5, 0.6) is 0 Å². The highest BCUT2D eigenvalue weighted by Crippen LogP contribution is 2.28. The van der Waals surface area contributed by atoms with Crippen LogP contribution in [0, 0.1) is 17.8 Å². The van der Waals surface area contributed by atoms with Crippen LogP contribution in [0.1, 0.15) is 43.5 Å². The summed E-state index contributed by atoms with van der Waals surface area (Å²) >= 11 is 0. The lowest BCUT2D eigenvalue weighted by Gasteiger charge is -2.39. The van der Waals surface area contributed by atoms with E-state index in [4.69, 9.17) is 0 Å². The molecule has 2 amide bonds. The Balaban J connectivity index is 1.32. The summed E-state index contributed by atoms with van der Waals surface area (Å²) in [6.45, 7) is 7.37. The van der Waals surface area contributed by atoms with Gasteiger partial charge in [0.05, 0.1) is 11.9 Å². The second kappa shape index (κ2) is 9.49. The summed E-state index contributed by atoms with van der Waals surface area (Å²) in [4.78, 5) is 30.7. The fourth-order valence-electron chi connectivity index (χ4n) is 5.58. The highest BCUT2D eigenvalue weighted by atomic mass is 16.2. The van der Waals surface area contributed by atoms with Crippen molar-refractivity contribution in [2.24, 2.45) is 17.8 Å². The fourth-order valence-corrected chi connectivity index (χ4v) is 5.58. The lowest BCUT2D eigenvalue weighted by molar-refractivity contribution is -0.139. The minimum Gasteiger partial charge on any atom is -0.342 e. The Bertz CT molecular complexity index is 1120. The molecule has 0 aliphatic carbocycles. The van der Waals surface area contributed by atoms with Crippen molar-refractivity contribution in [1.29, 1.82) is 0 Å². The first kappa shape index (κ1) is 22.4. The molecule has 2 fully saturated rings. The second-order valence-electron chi connectivity index (χ2n) is 9.98. The molecular formula is C27H33N5O2. The molecule has 0 saturated carbocycles. The van der Waals surface area contributed by atoms with Gasteiger partial charge in [-0.3, -0.25) is 9.59 Å². The molecule has 2 atom stereocenters. The van der Waals surface area contributed by atoms with Crippen molar-refractivity contribution in [3.05, 3.63) is 66.6 Å². The lowest BCUT2D eigenvalue weighted by atomic mass is 9.89. The molecule has 0 bridgehead atoms. The minimum atomic E-state index is -0.0306. The van der Waals surface area contributed by atoms with Crippen molar-refractivity contribution in [1.82, 2.24) is 24.1 Å². The van der Waals surface area contributed by atoms with Crippen LogP contribution in [-0.2, 0) is 4.79 Å². The van der Waals surface area contributed by atoms with E-state index in [1.807, 2.05) is 69.0 Å². The monoisotopic (exact) mass is 459 g/mol. The molecule has 2 saturated heterocycles. The number of carbonyl (C=O) groups is 2. The number of piperidine rings is 2. The molecule has 2 aliphatic heterocycles. The fraction of sp³-hybridized carbons (Fsp3) is 0.444. The third-order valence-electron chi connectivity index (χ3n) is 7.14. The van der Waals surface area contributed by atoms with Gasteiger partial charge in [-0.1, -0.05) is 32.0 Å². The number of hydrogen-bond donors (Lipinski definition) is 0. The van der Waals surface area contributed by atoms with Gasteiger partial charge >= 0.3 is 0 Å². The summed E-state index contributed by atoms with van der Waals surface area (Å²) < 4.78 is 3.74. The zero-order chi connectivity index (χ0) is 23.7. The number of likely N-dealkylation sites (tertiary alicyclic amines) is 2. The van der Waals surface area contributed by atoms with Crippen LogP contribution >= 0.6 is 0 Å². The summed E-state index contributed by atoms with van der Waals surface area (Å²) in [5, 5.41) is 4.56. The third-order valence-corrected chi connectivity index (χ3v) is 7.14. The first-order valence-corrected chi connectivity index (χ1v) is 12.4. The molecule has 5 rings (SSSR count). The van der Waals surface area contributed by atoms with Gasteiger partial charge in [0.2, 0.25) is 5.91 Å². The highest BCUT2D eigenvalue weighted by Gasteiger charge is 2.34. The van der Waals surface area contributed by atoms with E-state index in [9.17, 15) is 9.59 Å². The van der Waals surface area contributed by atoms with E-state index in [2.05, 4.69) is 23.8 Å². The summed E-state index contributed by atoms with van der Waals surface area (Å²) in [5.41, 5.74) is 1.48. The van der Waals surface area contributed by atoms with Crippen LogP contribution in [0.25, 0.3) is 11.5 Å². The molecular weight excluding hydrogens is 426 g/mol. The molecule has 2 unspecified atom stereocenters. The number of para-hydroxylation sites is 1. The van der Waals surface area contributed by atoms with E-state index in [0.29, 0.717) is 30.5 Å². The first-order valence-electron chi connectivity index (χ1n) is 12.4. The molecule has 0 radical (unpaired) electrons. The van der Waals surface area contributed by atoms with Crippen LogP contribution in [0.2, 0.25) is 0 Å². The predicted molar refractivity (Wildman–Crippen MR) is 131 cm³/mol. The summed E-state index contributed by atoms with van der Waals surface area (Å²) in [6.07, 6.45) is 8.15. The van der Waals surface area contributed by atoms with Gasteiger partial charge in [-0.25, -0.2) is 4.68 Å².